The van der Waals surface area contributed by atoms with E-state index in [1.165, 1.54) is 25.7 Å². The lowest BCUT2D eigenvalue weighted by Gasteiger charge is -2.37. The van der Waals surface area contributed by atoms with Crippen molar-refractivity contribution >= 4 is 5.96 Å². The van der Waals surface area contributed by atoms with Crippen LogP contribution in [0.25, 0.3) is 0 Å². The van der Waals surface area contributed by atoms with E-state index in [4.69, 9.17) is 10.5 Å². The minimum Gasteiger partial charge on any atom is -0.376 e. The van der Waals surface area contributed by atoms with Gasteiger partial charge in [0.15, 0.2) is 5.96 Å². The number of hydrogen-bond acceptors (Lipinski definition) is 2. The molecule has 4 aliphatic rings. The molecule has 4 unspecified atom stereocenters. The van der Waals surface area contributed by atoms with Crippen molar-refractivity contribution in [2.75, 3.05) is 19.7 Å². The number of hydrogen-bond donors (Lipinski definition) is 2. The maximum Gasteiger partial charge on any atom is 0.188 e. The molecule has 4 nitrogen and oxygen atoms in total. The molecule has 19 heavy (non-hydrogen) atoms. The van der Waals surface area contributed by atoms with Gasteiger partial charge in [0.1, 0.15) is 0 Å². The van der Waals surface area contributed by atoms with Crippen molar-refractivity contribution in [3.8, 4) is 0 Å². The second-order valence-electron chi connectivity index (χ2n) is 6.12. The molecule has 0 aromatic rings. The van der Waals surface area contributed by atoms with Crippen LogP contribution in [0.3, 0.4) is 0 Å². The molecule has 2 fully saturated rings. The number of nitrogens with one attached hydrogen (secondary N) is 1. The van der Waals surface area contributed by atoms with Gasteiger partial charge in [-0.05, 0) is 49.9 Å². The van der Waals surface area contributed by atoms with Crippen LogP contribution in [0.1, 0.15) is 32.1 Å². The average molecular weight is 263 g/mol. The molecule has 0 amide bonds. The molecule has 1 aliphatic heterocycles. The third-order valence-electron chi connectivity index (χ3n) is 4.74. The Balaban J connectivity index is 1.42. The Labute approximate surface area is 115 Å². The molecular formula is C15H25N3O. The van der Waals surface area contributed by atoms with Crippen LogP contribution in [0.4, 0.5) is 0 Å². The van der Waals surface area contributed by atoms with E-state index in [1.807, 2.05) is 0 Å². The number of fused-ring (bicyclic) bond motifs is 2. The molecule has 106 valence electrons. The lowest BCUT2D eigenvalue weighted by molar-refractivity contribution is 0.114. The number of allylic oxidation sites excluding steroid dienone is 2. The molecule has 1 heterocycles. The van der Waals surface area contributed by atoms with E-state index in [0.717, 1.165) is 38.0 Å². The summed E-state index contributed by atoms with van der Waals surface area (Å²) in [5, 5.41) is 3.19. The van der Waals surface area contributed by atoms with Gasteiger partial charge in [-0.1, -0.05) is 12.2 Å². The van der Waals surface area contributed by atoms with E-state index in [1.54, 1.807) is 0 Å². The number of ether oxygens (including phenoxy) is 1. The van der Waals surface area contributed by atoms with Crippen LogP contribution < -0.4 is 11.1 Å². The highest BCUT2D eigenvalue weighted by molar-refractivity contribution is 5.77. The predicted octanol–water partition coefficient (Wildman–Crippen LogP) is 1.67. The number of rotatable bonds is 4. The first-order chi connectivity index (χ1) is 9.31. The van der Waals surface area contributed by atoms with Crippen molar-refractivity contribution in [2.24, 2.45) is 28.5 Å². The van der Waals surface area contributed by atoms with Crippen LogP contribution in [0.15, 0.2) is 17.1 Å². The van der Waals surface area contributed by atoms with Crippen LogP contribution in [0.2, 0.25) is 0 Å². The zero-order valence-electron chi connectivity index (χ0n) is 11.6. The Kier molecular flexibility index (Phi) is 4.06. The van der Waals surface area contributed by atoms with Crippen molar-refractivity contribution in [1.82, 2.24) is 5.32 Å². The SMILES string of the molecule is NC(=NCC1CC2C=CC1CC2)NCC1CCCO1. The van der Waals surface area contributed by atoms with Gasteiger partial charge in [0, 0.05) is 19.7 Å². The zero-order valence-corrected chi connectivity index (χ0v) is 11.6. The predicted molar refractivity (Wildman–Crippen MR) is 76.9 cm³/mol. The summed E-state index contributed by atoms with van der Waals surface area (Å²) in [4.78, 5) is 4.52. The van der Waals surface area contributed by atoms with E-state index in [2.05, 4.69) is 22.5 Å². The summed E-state index contributed by atoms with van der Waals surface area (Å²) in [5.74, 6) is 2.82. The van der Waals surface area contributed by atoms with Gasteiger partial charge in [-0.3, -0.25) is 4.99 Å². The van der Waals surface area contributed by atoms with Gasteiger partial charge in [0.2, 0.25) is 0 Å². The van der Waals surface area contributed by atoms with Gasteiger partial charge in [-0.2, -0.15) is 0 Å². The molecule has 0 radical (unpaired) electrons. The quantitative estimate of drug-likeness (QED) is 0.461. The number of nitrogens with two attached hydrogens (primary N) is 1. The Morgan fingerprint density at radius 3 is 2.89 bits per heavy atom. The monoisotopic (exact) mass is 263 g/mol. The molecule has 3 N–H and O–H groups in total. The molecule has 3 aliphatic carbocycles. The Morgan fingerprint density at radius 2 is 2.26 bits per heavy atom. The fourth-order valence-electron chi connectivity index (χ4n) is 3.56. The summed E-state index contributed by atoms with van der Waals surface area (Å²) in [5.41, 5.74) is 5.93. The van der Waals surface area contributed by atoms with Crippen LogP contribution in [0.5, 0.6) is 0 Å². The van der Waals surface area contributed by atoms with Gasteiger partial charge in [-0.15, -0.1) is 0 Å². The maximum absolute atomic E-state index is 5.93. The van der Waals surface area contributed by atoms with E-state index in [-0.39, 0.29) is 0 Å². The third-order valence-corrected chi connectivity index (χ3v) is 4.74. The van der Waals surface area contributed by atoms with Crippen molar-refractivity contribution < 1.29 is 4.74 Å². The minimum absolute atomic E-state index is 0.322. The molecule has 0 aromatic heterocycles. The first-order valence-electron chi connectivity index (χ1n) is 7.65. The van der Waals surface area contributed by atoms with E-state index in [9.17, 15) is 0 Å². The molecular weight excluding hydrogens is 238 g/mol. The highest BCUT2D eigenvalue weighted by atomic mass is 16.5. The van der Waals surface area contributed by atoms with Crippen LogP contribution >= 0.6 is 0 Å². The van der Waals surface area contributed by atoms with Gasteiger partial charge in [-0.25, -0.2) is 0 Å². The van der Waals surface area contributed by atoms with Crippen molar-refractivity contribution in [1.29, 1.82) is 0 Å². The summed E-state index contributed by atoms with van der Waals surface area (Å²) >= 11 is 0. The molecule has 1 saturated carbocycles. The van der Waals surface area contributed by atoms with Crippen molar-refractivity contribution in [3.63, 3.8) is 0 Å². The number of nitrogens with zero attached hydrogens (tertiary/aromatic N) is 1. The third kappa shape index (κ3) is 3.30. The smallest absolute Gasteiger partial charge is 0.188 e. The van der Waals surface area contributed by atoms with Crippen molar-refractivity contribution in [2.45, 2.75) is 38.2 Å². The molecule has 1 saturated heterocycles. The molecule has 2 bridgehead atoms. The van der Waals surface area contributed by atoms with Gasteiger partial charge in [0.25, 0.3) is 0 Å². The summed E-state index contributed by atoms with van der Waals surface area (Å²) in [7, 11) is 0. The minimum atomic E-state index is 0.322. The topological polar surface area (TPSA) is 59.6 Å². The molecule has 4 heteroatoms. The summed E-state index contributed by atoms with van der Waals surface area (Å²) in [6, 6.07) is 0. The van der Waals surface area contributed by atoms with Crippen LogP contribution in [0, 0.1) is 17.8 Å². The zero-order chi connectivity index (χ0) is 13.1. The first-order valence-corrected chi connectivity index (χ1v) is 7.65. The van der Waals surface area contributed by atoms with Crippen LogP contribution in [-0.4, -0.2) is 31.8 Å². The van der Waals surface area contributed by atoms with E-state index in [0.29, 0.717) is 18.0 Å². The second-order valence-corrected chi connectivity index (χ2v) is 6.12. The Hall–Kier alpha value is -1.03. The summed E-state index contributed by atoms with van der Waals surface area (Å²) in [6.45, 7) is 2.56. The summed E-state index contributed by atoms with van der Waals surface area (Å²) < 4.78 is 5.56. The molecule has 4 atom stereocenters. The Bertz CT molecular complexity index is 360. The highest BCUT2D eigenvalue weighted by Gasteiger charge is 2.31. The number of aliphatic imine (C=N–C) groups is 1. The van der Waals surface area contributed by atoms with Crippen molar-refractivity contribution in [3.05, 3.63) is 12.2 Å². The Morgan fingerprint density at radius 1 is 1.32 bits per heavy atom. The van der Waals surface area contributed by atoms with E-state index >= 15 is 0 Å². The fourth-order valence-corrected chi connectivity index (χ4v) is 3.56. The fraction of sp³-hybridized carbons (Fsp3) is 0.800. The van der Waals surface area contributed by atoms with Gasteiger partial charge < -0.3 is 15.8 Å². The standard InChI is InChI=1S/C15H25N3O/c16-15(18-10-14-2-1-7-19-14)17-9-13-8-11-3-5-12(13)6-4-11/h3,5,11-14H,1-2,4,6-10H2,(H3,16,17,18). The first kappa shape index (κ1) is 13.0. The normalized spacial score (nSPS) is 37.8. The lowest BCUT2D eigenvalue weighted by Crippen LogP contribution is -2.38. The summed E-state index contributed by atoms with van der Waals surface area (Å²) in [6.07, 6.45) is 11.4. The molecule has 0 aromatic carbocycles. The second kappa shape index (κ2) is 5.95. The lowest BCUT2D eigenvalue weighted by atomic mass is 9.69. The van der Waals surface area contributed by atoms with Gasteiger partial charge in [0.05, 0.1) is 6.10 Å². The largest absolute Gasteiger partial charge is 0.376 e. The maximum atomic E-state index is 5.93. The van der Waals surface area contributed by atoms with Gasteiger partial charge >= 0.3 is 0 Å². The molecule has 0 spiro atoms. The average Bonchev–Trinajstić information content (AvgIpc) is 2.97. The number of guanidine groups is 1. The van der Waals surface area contributed by atoms with Crippen LogP contribution in [-0.2, 0) is 4.74 Å². The molecule has 4 rings (SSSR count). The van der Waals surface area contributed by atoms with E-state index < -0.39 is 0 Å². The highest BCUT2D eigenvalue weighted by Crippen LogP contribution is 2.40.